The van der Waals surface area contributed by atoms with Crippen molar-refractivity contribution >= 4 is 34.0 Å². The van der Waals surface area contributed by atoms with Crippen molar-refractivity contribution in [1.29, 1.82) is 0 Å². The van der Waals surface area contributed by atoms with Crippen LogP contribution in [0.3, 0.4) is 0 Å². The molecule has 0 spiro atoms. The van der Waals surface area contributed by atoms with Crippen LogP contribution in [0.4, 0.5) is 4.79 Å². The van der Waals surface area contributed by atoms with E-state index in [1.807, 2.05) is 66.7 Å². The molecule has 0 aliphatic heterocycles. The molecule has 1 amide bonds. The Morgan fingerprint density at radius 1 is 0.700 bits per heavy atom. The summed E-state index contributed by atoms with van der Waals surface area (Å²) in [6.45, 7) is 4.36. The maximum absolute atomic E-state index is 12.7. The zero-order chi connectivity index (χ0) is 35.8. The van der Waals surface area contributed by atoms with Crippen molar-refractivity contribution in [3.05, 3.63) is 84.4 Å². The normalized spacial score (nSPS) is 12.9. The molecule has 0 radical (unpaired) electrons. The number of likely N-dealkylation sites (N-methyl/N-ethyl adjacent to an activating group) is 1. The van der Waals surface area contributed by atoms with E-state index in [0.717, 1.165) is 16.7 Å². The summed E-state index contributed by atoms with van der Waals surface area (Å²) in [6.07, 6.45) is 0.919. The van der Waals surface area contributed by atoms with Crippen LogP contribution >= 0.6 is 0 Å². The van der Waals surface area contributed by atoms with Gasteiger partial charge in [-0.1, -0.05) is 54.6 Å². The lowest BCUT2D eigenvalue weighted by Crippen LogP contribution is -2.45. The van der Waals surface area contributed by atoms with Crippen molar-refractivity contribution in [1.82, 2.24) is 20.1 Å². The SMILES string of the molecule is CNC[C@H](NS(=O)c1ccc(-c2ccc(S(=O)NCCCOCCOCCOCCCNC(=O)OCc3ccccc3)cc2)cc1)C(=O)OC. The van der Waals surface area contributed by atoms with Crippen molar-refractivity contribution < 1.29 is 41.7 Å². The van der Waals surface area contributed by atoms with Gasteiger partial charge in [0.15, 0.2) is 0 Å². The maximum atomic E-state index is 12.7. The van der Waals surface area contributed by atoms with Gasteiger partial charge in [0, 0.05) is 32.8 Å². The minimum atomic E-state index is -1.60. The topological polar surface area (TPSA) is 163 Å². The van der Waals surface area contributed by atoms with Gasteiger partial charge >= 0.3 is 12.1 Å². The number of rotatable bonds is 25. The van der Waals surface area contributed by atoms with Crippen molar-refractivity contribution in [2.75, 3.05) is 73.4 Å². The average Bonchev–Trinajstić information content (AvgIpc) is 3.15. The molecule has 0 aromatic heterocycles. The second kappa shape index (κ2) is 24.6. The molecule has 13 nitrogen and oxygen atoms in total. The first kappa shape index (κ1) is 40.9. The molecule has 0 bridgehead atoms. The molecule has 3 rings (SSSR count). The van der Waals surface area contributed by atoms with Gasteiger partial charge in [-0.2, -0.15) is 0 Å². The summed E-state index contributed by atoms with van der Waals surface area (Å²) < 4.78 is 57.7. The van der Waals surface area contributed by atoms with E-state index in [4.69, 9.17) is 23.7 Å². The highest BCUT2D eigenvalue weighted by Crippen LogP contribution is 2.22. The van der Waals surface area contributed by atoms with Crippen molar-refractivity contribution in [2.24, 2.45) is 0 Å². The molecule has 4 N–H and O–H groups in total. The first-order chi connectivity index (χ1) is 24.4. The number of hydrogen-bond donors (Lipinski definition) is 4. The molecule has 0 aliphatic rings. The first-order valence-corrected chi connectivity index (χ1v) is 18.6. The molecule has 3 aromatic rings. The minimum Gasteiger partial charge on any atom is -0.468 e. The van der Waals surface area contributed by atoms with Gasteiger partial charge in [-0.05, 0) is 60.8 Å². The van der Waals surface area contributed by atoms with Crippen molar-refractivity contribution in [3.8, 4) is 11.1 Å². The molecule has 15 heteroatoms. The Balaban J connectivity index is 1.17. The number of methoxy groups -OCH3 is 1. The number of alkyl carbamates (subject to hydrolysis) is 1. The summed E-state index contributed by atoms with van der Waals surface area (Å²) >= 11 is 0. The van der Waals surface area contributed by atoms with E-state index in [1.54, 1.807) is 19.2 Å². The van der Waals surface area contributed by atoms with Gasteiger partial charge in [-0.3, -0.25) is 4.79 Å². The van der Waals surface area contributed by atoms with Gasteiger partial charge in [0.05, 0.1) is 43.3 Å². The first-order valence-electron chi connectivity index (χ1n) is 16.3. The van der Waals surface area contributed by atoms with Crippen molar-refractivity contribution in [2.45, 2.75) is 35.3 Å². The Kier molecular flexibility index (Phi) is 20.1. The van der Waals surface area contributed by atoms with E-state index in [0.29, 0.717) is 75.4 Å². The van der Waals surface area contributed by atoms with E-state index < -0.39 is 40.1 Å². The highest BCUT2D eigenvalue weighted by atomic mass is 32.2. The molecule has 0 aliphatic carbocycles. The van der Waals surface area contributed by atoms with Gasteiger partial charge in [0.1, 0.15) is 34.6 Å². The third-order valence-corrected chi connectivity index (χ3v) is 9.37. The number of benzene rings is 3. The van der Waals surface area contributed by atoms with Crippen LogP contribution in [-0.2, 0) is 57.1 Å². The summed E-state index contributed by atoms with van der Waals surface area (Å²) in [6, 6.07) is 23.3. The number of nitrogens with one attached hydrogen (secondary N) is 4. The summed E-state index contributed by atoms with van der Waals surface area (Å²) in [7, 11) is 0.0284. The highest BCUT2D eigenvalue weighted by Gasteiger charge is 2.21. The number of hydrogen-bond acceptors (Lipinski definition) is 10. The maximum Gasteiger partial charge on any atom is 0.407 e. The lowest BCUT2D eigenvalue weighted by Gasteiger charge is -2.15. The van der Waals surface area contributed by atoms with Crippen LogP contribution in [0.15, 0.2) is 88.7 Å². The lowest BCUT2D eigenvalue weighted by molar-refractivity contribution is -0.142. The van der Waals surface area contributed by atoms with Gasteiger partial charge in [-0.15, -0.1) is 0 Å². The molecule has 0 saturated heterocycles. The van der Waals surface area contributed by atoms with Gasteiger partial charge < -0.3 is 34.3 Å². The summed E-state index contributed by atoms with van der Waals surface area (Å²) in [5.41, 5.74) is 2.77. The van der Waals surface area contributed by atoms with E-state index in [-0.39, 0.29) is 13.2 Å². The van der Waals surface area contributed by atoms with E-state index in [1.165, 1.54) is 7.11 Å². The van der Waals surface area contributed by atoms with Crippen LogP contribution in [0.5, 0.6) is 0 Å². The predicted octanol–water partition coefficient (Wildman–Crippen LogP) is 3.10. The highest BCUT2D eigenvalue weighted by molar-refractivity contribution is 7.83. The Morgan fingerprint density at radius 2 is 1.24 bits per heavy atom. The van der Waals surface area contributed by atoms with Gasteiger partial charge in [-0.25, -0.2) is 22.7 Å². The monoisotopic (exact) mass is 732 g/mol. The van der Waals surface area contributed by atoms with Gasteiger partial charge in [0.2, 0.25) is 0 Å². The molecule has 0 fully saturated rings. The summed E-state index contributed by atoms with van der Waals surface area (Å²) in [5.74, 6) is -0.496. The standard InChI is InChI=1S/C35H48N4O9S2/c1-36-26-33(34(40)44-2)39-50(43)32-16-12-30(13-17-32)29-10-14-31(15-11-29)49(42)38-19-7-21-46-23-25-47-24-22-45-20-6-18-37-35(41)48-27-28-8-4-3-5-9-28/h3-5,8-17,33,36,38-39H,6-7,18-27H2,1-2H3,(H,37,41)/t33-,49?,50?/m0/s1. The third-order valence-electron chi connectivity index (χ3n) is 7.00. The van der Waals surface area contributed by atoms with E-state index in [2.05, 4.69) is 20.1 Å². The fraction of sp³-hybridized carbons (Fsp3) is 0.429. The number of carbonyl (C=O) groups is 2. The van der Waals surface area contributed by atoms with Gasteiger partial charge in [0.25, 0.3) is 0 Å². The quantitative estimate of drug-likeness (QED) is 0.0753. The van der Waals surface area contributed by atoms with Crippen LogP contribution < -0.4 is 20.1 Å². The largest absolute Gasteiger partial charge is 0.468 e. The van der Waals surface area contributed by atoms with Crippen LogP contribution in [-0.4, -0.2) is 100.0 Å². The molecule has 50 heavy (non-hydrogen) atoms. The van der Waals surface area contributed by atoms with Crippen LogP contribution in [0.25, 0.3) is 11.1 Å². The van der Waals surface area contributed by atoms with Crippen LogP contribution in [0.2, 0.25) is 0 Å². The van der Waals surface area contributed by atoms with Crippen LogP contribution in [0.1, 0.15) is 18.4 Å². The zero-order valence-electron chi connectivity index (χ0n) is 28.6. The number of carbonyl (C=O) groups excluding carboxylic acids is 2. The minimum absolute atomic E-state index is 0.241. The second-order valence-electron chi connectivity index (χ2n) is 10.8. The van der Waals surface area contributed by atoms with Crippen molar-refractivity contribution in [3.63, 3.8) is 0 Å². The van der Waals surface area contributed by atoms with E-state index in [9.17, 15) is 18.0 Å². The zero-order valence-corrected chi connectivity index (χ0v) is 30.2. The Labute approximate surface area is 299 Å². The molecule has 3 aromatic carbocycles. The summed E-state index contributed by atoms with van der Waals surface area (Å²) in [5, 5.41) is 5.58. The predicted molar refractivity (Wildman–Crippen MR) is 192 cm³/mol. The average molecular weight is 733 g/mol. The third kappa shape index (κ3) is 16.0. The van der Waals surface area contributed by atoms with Crippen LogP contribution in [0, 0.1) is 0 Å². The molecule has 274 valence electrons. The lowest BCUT2D eigenvalue weighted by atomic mass is 10.1. The molecule has 2 unspecified atom stereocenters. The molecule has 3 atom stereocenters. The van der Waals surface area contributed by atoms with E-state index >= 15 is 0 Å². The molecule has 0 heterocycles. The Bertz CT molecular complexity index is 1450. The number of esters is 1. The second-order valence-corrected chi connectivity index (χ2v) is 13.3. The Hall–Kier alpha value is -3.54. The smallest absolute Gasteiger partial charge is 0.407 e. The fourth-order valence-electron chi connectivity index (χ4n) is 4.36. The number of ether oxygens (including phenoxy) is 5. The molecule has 0 saturated carbocycles. The summed E-state index contributed by atoms with van der Waals surface area (Å²) in [4.78, 5) is 24.8. The number of amides is 1. The molecular weight excluding hydrogens is 685 g/mol. The fourth-order valence-corrected chi connectivity index (χ4v) is 6.20. The Morgan fingerprint density at radius 3 is 1.80 bits per heavy atom. The molecular formula is C35H48N4O9S2.